The smallest absolute Gasteiger partial charge is 0.0738 e. The van der Waals surface area contributed by atoms with Gasteiger partial charge in [0.2, 0.25) is 0 Å². The molecule has 1 unspecified atom stereocenters. The molecule has 3 aliphatic rings. The summed E-state index contributed by atoms with van der Waals surface area (Å²) in [5.41, 5.74) is 20.5. The zero-order chi connectivity index (χ0) is 33.3. The molecule has 8 aromatic carbocycles. The highest BCUT2D eigenvalue weighted by molar-refractivity contribution is 6.11. The average Bonchev–Trinajstić information content (AvgIpc) is 3.89. The normalized spacial score (nSPS) is 15.5. The number of hydrogen-bond acceptors (Lipinski definition) is 1. The van der Waals surface area contributed by atoms with E-state index in [1.807, 2.05) is 0 Å². The number of fused-ring (bicyclic) bond motifs is 8. The van der Waals surface area contributed by atoms with Crippen LogP contribution in [-0.4, -0.2) is 4.57 Å². The van der Waals surface area contributed by atoms with Crippen LogP contribution in [0.25, 0.3) is 60.9 Å². The van der Waals surface area contributed by atoms with E-state index in [2.05, 4.69) is 191 Å². The fourth-order valence-electron chi connectivity index (χ4n) is 9.86. The average molecular weight is 647 g/mol. The Bertz CT molecular complexity index is 2880. The first-order valence-corrected chi connectivity index (χ1v) is 17.8. The first-order valence-electron chi connectivity index (χ1n) is 17.8. The maximum atomic E-state index is 2.50. The first kappa shape index (κ1) is 27.2. The van der Waals surface area contributed by atoms with Gasteiger partial charge in [-0.2, -0.15) is 0 Å². The fraction of sp³-hybridized carbons (Fsp3) is 0.0204. The van der Waals surface area contributed by atoms with Crippen LogP contribution in [0.4, 0.5) is 17.1 Å². The molecular formula is C49H30N2. The molecule has 9 aromatic rings. The van der Waals surface area contributed by atoms with Crippen LogP contribution in [0.15, 0.2) is 182 Å². The van der Waals surface area contributed by atoms with Gasteiger partial charge in [0.05, 0.1) is 16.4 Å². The summed E-state index contributed by atoms with van der Waals surface area (Å²) in [4.78, 5) is 2.44. The minimum absolute atomic E-state index is 0.324. The van der Waals surface area contributed by atoms with E-state index >= 15 is 0 Å². The van der Waals surface area contributed by atoms with Gasteiger partial charge in [0.15, 0.2) is 0 Å². The van der Waals surface area contributed by atoms with Gasteiger partial charge < -0.3 is 9.47 Å². The maximum Gasteiger partial charge on any atom is 0.0738 e. The minimum Gasteiger partial charge on any atom is -0.310 e. The third-order valence-electron chi connectivity index (χ3n) is 11.7. The van der Waals surface area contributed by atoms with Gasteiger partial charge in [-0.1, -0.05) is 121 Å². The maximum absolute atomic E-state index is 2.50. The van der Waals surface area contributed by atoms with Crippen LogP contribution >= 0.6 is 0 Å². The Morgan fingerprint density at radius 2 is 0.902 bits per heavy atom. The molecule has 0 fully saturated rings. The van der Waals surface area contributed by atoms with E-state index < -0.39 is 0 Å². The van der Waals surface area contributed by atoms with Gasteiger partial charge in [-0.25, -0.2) is 0 Å². The number of para-hydroxylation sites is 3. The van der Waals surface area contributed by atoms with Gasteiger partial charge >= 0.3 is 0 Å². The molecule has 236 valence electrons. The quantitative estimate of drug-likeness (QED) is 0.185. The number of hydrogen-bond donors (Lipinski definition) is 0. The van der Waals surface area contributed by atoms with E-state index in [9.17, 15) is 0 Å². The summed E-state index contributed by atoms with van der Waals surface area (Å²) in [6.07, 6.45) is 0. The summed E-state index contributed by atoms with van der Waals surface area (Å²) in [6.45, 7) is 0. The van der Waals surface area contributed by atoms with E-state index in [1.54, 1.807) is 0 Å². The fourth-order valence-corrected chi connectivity index (χ4v) is 9.86. The van der Waals surface area contributed by atoms with Crippen LogP contribution in [0, 0.1) is 0 Å². The second kappa shape index (κ2) is 9.74. The summed E-state index contributed by atoms with van der Waals surface area (Å²) >= 11 is 0. The molecule has 0 saturated heterocycles. The molecule has 1 spiro atoms. The van der Waals surface area contributed by atoms with Crippen molar-refractivity contribution in [3.8, 4) is 39.1 Å². The third-order valence-corrected chi connectivity index (χ3v) is 11.7. The number of aromatic nitrogens is 1. The molecule has 0 radical (unpaired) electrons. The summed E-state index contributed by atoms with van der Waals surface area (Å²) in [6, 6.07) is 67.4. The van der Waals surface area contributed by atoms with Crippen LogP contribution in [0.1, 0.15) is 22.3 Å². The van der Waals surface area contributed by atoms with Crippen LogP contribution in [0.5, 0.6) is 0 Å². The summed E-state index contributed by atoms with van der Waals surface area (Å²) in [7, 11) is 0. The van der Waals surface area contributed by atoms with E-state index in [0.717, 1.165) is 17.1 Å². The van der Waals surface area contributed by atoms with Crippen molar-refractivity contribution in [3.63, 3.8) is 0 Å². The molecule has 0 aliphatic heterocycles. The molecule has 12 rings (SSSR count). The van der Waals surface area contributed by atoms with Gasteiger partial charge in [0, 0.05) is 33.5 Å². The predicted molar refractivity (Wildman–Crippen MR) is 211 cm³/mol. The molecule has 0 bridgehead atoms. The Kier molecular flexibility index (Phi) is 5.20. The molecule has 0 N–H and O–H groups in total. The number of rotatable bonds is 4. The van der Waals surface area contributed by atoms with Crippen molar-refractivity contribution in [3.05, 3.63) is 204 Å². The molecule has 2 nitrogen and oxygen atoms in total. The summed E-state index contributed by atoms with van der Waals surface area (Å²) < 4.78 is 2.39. The monoisotopic (exact) mass is 646 g/mol. The lowest BCUT2D eigenvalue weighted by atomic mass is 9.73. The summed E-state index contributed by atoms with van der Waals surface area (Å²) in [5.74, 6) is 0. The van der Waals surface area contributed by atoms with Crippen LogP contribution < -0.4 is 4.90 Å². The van der Waals surface area contributed by atoms with E-state index in [0.29, 0.717) is 0 Å². The standard InChI is InChI=1S/C49H30N2/c1-3-13-31(14-4-1)50(33-26-28-46-42(29-33)37-18-8-10-24-45(37)51(46)32-15-5-2-6-16-32)34-25-27-36-39-20-12-22-41-40-21-11-19-38-35-17-7-9-23-43(35)49(47(38)40,48(39)41)44(36)30-34/h1-30H. The van der Waals surface area contributed by atoms with Gasteiger partial charge in [0.1, 0.15) is 0 Å². The Morgan fingerprint density at radius 3 is 1.67 bits per heavy atom. The first-order chi connectivity index (χ1) is 25.3. The topological polar surface area (TPSA) is 8.17 Å². The van der Waals surface area contributed by atoms with E-state index in [-0.39, 0.29) is 5.41 Å². The van der Waals surface area contributed by atoms with Gasteiger partial charge in [-0.3, -0.25) is 0 Å². The highest BCUT2D eigenvalue weighted by Crippen LogP contribution is 2.70. The highest BCUT2D eigenvalue weighted by Gasteiger charge is 2.57. The van der Waals surface area contributed by atoms with Crippen molar-refractivity contribution in [2.24, 2.45) is 0 Å². The van der Waals surface area contributed by atoms with E-state index in [1.165, 1.54) is 83.1 Å². The van der Waals surface area contributed by atoms with Crippen molar-refractivity contribution < 1.29 is 0 Å². The molecular weight excluding hydrogens is 617 g/mol. The molecule has 0 saturated carbocycles. The molecule has 1 aromatic heterocycles. The van der Waals surface area contributed by atoms with Crippen molar-refractivity contribution in [1.82, 2.24) is 4.57 Å². The molecule has 1 atom stereocenters. The lowest BCUT2D eigenvalue weighted by Gasteiger charge is -2.30. The second-order valence-corrected chi connectivity index (χ2v) is 14.0. The van der Waals surface area contributed by atoms with Crippen molar-refractivity contribution >= 4 is 38.9 Å². The molecule has 3 aliphatic carbocycles. The van der Waals surface area contributed by atoms with Crippen LogP contribution in [-0.2, 0) is 5.41 Å². The van der Waals surface area contributed by atoms with Crippen LogP contribution in [0.3, 0.4) is 0 Å². The van der Waals surface area contributed by atoms with Crippen molar-refractivity contribution in [2.75, 3.05) is 4.90 Å². The molecule has 1 heterocycles. The second-order valence-electron chi connectivity index (χ2n) is 14.0. The number of benzene rings is 8. The van der Waals surface area contributed by atoms with E-state index in [4.69, 9.17) is 0 Å². The highest BCUT2D eigenvalue weighted by atomic mass is 15.1. The largest absolute Gasteiger partial charge is 0.310 e. The Hall–Kier alpha value is -6.64. The lowest BCUT2D eigenvalue weighted by Crippen LogP contribution is -2.23. The Morgan fingerprint density at radius 1 is 0.353 bits per heavy atom. The number of nitrogens with zero attached hydrogens (tertiary/aromatic N) is 2. The lowest BCUT2D eigenvalue weighted by molar-refractivity contribution is 0.818. The molecule has 0 amide bonds. The minimum atomic E-state index is -0.324. The summed E-state index contributed by atoms with van der Waals surface area (Å²) in [5, 5.41) is 2.49. The van der Waals surface area contributed by atoms with Gasteiger partial charge in [0.25, 0.3) is 0 Å². The predicted octanol–water partition coefficient (Wildman–Crippen LogP) is 12.6. The van der Waals surface area contributed by atoms with Gasteiger partial charge in [-0.15, -0.1) is 0 Å². The Labute approximate surface area is 296 Å². The van der Waals surface area contributed by atoms with Crippen molar-refractivity contribution in [1.29, 1.82) is 0 Å². The van der Waals surface area contributed by atoms with Crippen molar-refractivity contribution in [2.45, 2.75) is 5.41 Å². The van der Waals surface area contributed by atoms with Crippen LogP contribution in [0.2, 0.25) is 0 Å². The third kappa shape index (κ3) is 3.32. The zero-order valence-corrected chi connectivity index (χ0v) is 27.7. The molecule has 51 heavy (non-hydrogen) atoms. The molecule has 2 heteroatoms. The number of anilines is 3. The Balaban J connectivity index is 1.12. The van der Waals surface area contributed by atoms with Gasteiger partial charge in [-0.05, 0) is 116 Å². The zero-order valence-electron chi connectivity index (χ0n) is 27.7. The SMILES string of the molecule is c1ccc(N(c2ccc3c(c2)C24c5ccccc5-c5cccc(c52)-c2cccc-3c24)c2ccc3c(c2)c2ccccc2n3-c2ccccc2)cc1.